The van der Waals surface area contributed by atoms with Crippen LogP contribution in [0.2, 0.25) is 0 Å². The Labute approximate surface area is 91.4 Å². The minimum absolute atomic E-state index is 0.385. The van der Waals surface area contributed by atoms with E-state index in [4.69, 9.17) is 11.0 Å². The molecule has 0 atom stereocenters. The van der Waals surface area contributed by atoms with Crippen LogP contribution in [0.5, 0.6) is 0 Å². The number of nitrogen functional groups attached to an aromatic ring is 1. The molecule has 1 aromatic heterocycles. The van der Waals surface area contributed by atoms with Gasteiger partial charge in [0.1, 0.15) is 0 Å². The lowest BCUT2D eigenvalue weighted by molar-refractivity contribution is 1.22. The minimum atomic E-state index is 0.385. The largest absolute Gasteiger partial charge is 0.398 e. The van der Waals surface area contributed by atoms with Crippen molar-refractivity contribution in [1.29, 1.82) is 5.26 Å². The SMILES string of the molecule is N#CCc1c(S)ccc2c(N)csc12. The minimum Gasteiger partial charge on any atom is -0.398 e. The van der Waals surface area contributed by atoms with Crippen LogP contribution < -0.4 is 5.73 Å². The molecule has 2 nitrogen and oxygen atoms in total. The number of fused-ring (bicyclic) bond motifs is 1. The zero-order chi connectivity index (χ0) is 10.1. The zero-order valence-corrected chi connectivity index (χ0v) is 9.03. The van der Waals surface area contributed by atoms with Gasteiger partial charge in [0, 0.05) is 20.4 Å². The number of hydrogen-bond acceptors (Lipinski definition) is 4. The molecule has 0 aliphatic rings. The number of benzene rings is 1. The molecule has 0 saturated heterocycles. The van der Waals surface area contributed by atoms with Crippen molar-refractivity contribution in [3.63, 3.8) is 0 Å². The molecular formula is C10H8N2S2. The summed E-state index contributed by atoms with van der Waals surface area (Å²) in [6.45, 7) is 0. The maximum atomic E-state index is 8.70. The van der Waals surface area contributed by atoms with Crippen LogP contribution in [0.15, 0.2) is 22.4 Å². The number of anilines is 1. The molecule has 0 radical (unpaired) electrons. The summed E-state index contributed by atoms with van der Waals surface area (Å²) >= 11 is 5.90. The summed E-state index contributed by atoms with van der Waals surface area (Å²) in [5, 5.41) is 11.6. The van der Waals surface area contributed by atoms with Crippen LogP contribution in [0.1, 0.15) is 5.56 Å². The smallest absolute Gasteiger partial charge is 0.0670 e. The highest BCUT2D eigenvalue weighted by Crippen LogP contribution is 2.34. The average molecular weight is 220 g/mol. The van der Waals surface area contributed by atoms with Gasteiger partial charge in [-0.2, -0.15) is 5.26 Å². The molecule has 0 amide bonds. The molecule has 4 heteroatoms. The summed E-state index contributed by atoms with van der Waals surface area (Å²) in [6, 6.07) is 5.98. The summed E-state index contributed by atoms with van der Waals surface area (Å²) in [7, 11) is 0. The molecule has 0 spiro atoms. The number of rotatable bonds is 1. The Hall–Kier alpha value is -1.18. The van der Waals surface area contributed by atoms with E-state index in [1.807, 2.05) is 17.5 Å². The van der Waals surface area contributed by atoms with Gasteiger partial charge in [0.15, 0.2) is 0 Å². The van der Waals surface area contributed by atoms with Gasteiger partial charge in [-0.05, 0) is 11.6 Å². The topological polar surface area (TPSA) is 49.8 Å². The molecule has 2 rings (SSSR count). The summed E-state index contributed by atoms with van der Waals surface area (Å²) < 4.78 is 1.08. The third-order valence-corrected chi connectivity index (χ3v) is 3.60. The Morgan fingerprint density at radius 1 is 1.50 bits per heavy atom. The van der Waals surface area contributed by atoms with E-state index >= 15 is 0 Å². The summed E-state index contributed by atoms with van der Waals surface area (Å²) in [5.74, 6) is 0. The fourth-order valence-corrected chi connectivity index (χ4v) is 2.77. The first-order valence-electron chi connectivity index (χ1n) is 4.08. The monoisotopic (exact) mass is 220 g/mol. The highest BCUT2D eigenvalue weighted by molar-refractivity contribution is 7.80. The van der Waals surface area contributed by atoms with Crippen LogP contribution in [-0.2, 0) is 6.42 Å². The molecule has 0 aliphatic heterocycles. The standard InChI is InChI=1S/C10H8N2S2/c11-4-3-7-9(13)2-1-6-8(12)5-14-10(6)7/h1-2,5,13H,3,12H2. The van der Waals surface area contributed by atoms with Crippen LogP contribution in [0.4, 0.5) is 5.69 Å². The van der Waals surface area contributed by atoms with Gasteiger partial charge in [0.05, 0.1) is 18.2 Å². The van der Waals surface area contributed by atoms with Crippen molar-refractivity contribution in [2.75, 3.05) is 5.73 Å². The van der Waals surface area contributed by atoms with Gasteiger partial charge in [0.2, 0.25) is 0 Å². The number of thiol groups is 1. The Morgan fingerprint density at radius 3 is 3.00 bits per heavy atom. The van der Waals surface area contributed by atoms with Gasteiger partial charge >= 0.3 is 0 Å². The second kappa shape index (κ2) is 3.52. The summed E-state index contributed by atoms with van der Waals surface area (Å²) in [6.07, 6.45) is 0.385. The molecule has 2 aromatic rings. The third kappa shape index (κ3) is 1.35. The van der Waals surface area contributed by atoms with E-state index in [-0.39, 0.29) is 0 Å². The van der Waals surface area contributed by atoms with Crippen LogP contribution in [-0.4, -0.2) is 0 Å². The zero-order valence-electron chi connectivity index (χ0n) is 7.32. The molecule has 1 aromatic carbocycles. The summed E-state index contributed by atoms with van der Waals surface area (Å²) in [4.78, 5) is 0.862. The van der Waals surface area contributed by atoms with E-state index in [2.05, 4.69) is 18.7 Å². The lowest BCUT2D eigenvalue weighted by Gasteiger charge is -2.02. The average Bonchev–Trinajstić information content (AvgIpc) is 2.53. The maximum absolute atomic E-state index is 8.70. The fourth-order valence-electron chi connectivity index (χ4n) is 1.42. The number of nitrogens with zero attached hydrogens (tertiary/aromatic N) is 1. The Kier molecular flexibility index (Phi) is 2.36. The normalized spacial score (nSPS) is 10.3. The fraction of sp³-hybridized carbons (Fsp3) is 0.100. The molecule has 0 bridgehead atoms. The van der Waals surface area contributed by atoms with Crippen molar-refractivity contribution in [3.8, 4) is 6.07 Å². The molecule has 0 unspecified atom stereocenters. The Morgan fingerprint density at radius 2 is 2.29 bits per heavy atom. The van der Waals surface area contributed by atoms with Crippen molar-refractivity contribution in [3.05, 3.63) is 23.1 Å². The molecule has 14 heavy (non-hydrogen) atoms. The van der Waals surface area contributed by atoms with Gasteiger partial charge in [-0.3, -0.25) is 0 Å². The van der Waals surface area contributed by atoms with Crippen LogP contribution in [0.3, 0.4) is 0 Å². The highest BCUT2D eigenvalue weighted by atomic mass is 32.1. The molecular weight excluding hydrogens is 212 g/mol. The number of nitriles is 1. The van der Waals surface area contributed by atoms with Crippen molar-refractivity contribution >= 4 is 39.7 Å². The van der Waals surface area contributed by atoms with E-state index in [1.54, 1.807) is 11.3 Å². The van der Waals surface area contributed by atoms with Crippen molar-refractivity contribution in [2.45, 2.75) is 11.3 Å². The molecule has 0 aliphatic carbocycles. The van der Waals surface area contributed by atoms with Gasteiger partial charge < -0.3 is 5.73 Å². The molecule has 2 N–H and O–H groups in total. The van der Waals surface area contributed by atoms with E-state index in [0.29, 0.717) is 6.42 Å². The molecule has 0 fully saturated rings. The van der Waals surface area contributed by atoms with E-state index in [9.17, 15) is 0 Å². The molecule has 70 valence electrons. The number of nitrogens with two attached hydrogens (primary N) is 1. The summed E-state index contributed by atoms with van der Waals surface area (Å²) in [5.41, 5.74) is 7.55. The van der Waals surface area contributed by atoms with Gasteiger partial charge in [-0.1, -0.05) is 6.07 Å². The maximum Gasteiger partial charge on any atom is 0.0670 e. The molecule has 0 saturated carbocycles. The van der Waals surface area contributed by atoms with Crippen molar-refractivity contribution < 1.29 is 0 Å². The predicted molar refractivity (Wildman–Crippen MR) is 62.8 cm³/mol. The van der Waals surface area contributed by atoms with E-state index in [1.165, 1.54) is 0 Å². The molecule has 1 heterocycles. The van der Waals surface area contributed by atoms with Crippen LogP contribution in [0.25, 0.3) is 10.1 Å². The van der Waals surface area contributed by atoms with Gasteiger partial charge in [-0.25, -0.2) is 0 Å². The number of thiophene rings is 1. The van der Waals surface area contributed by atoms with Crippen LogP contribution >= 0.6 is 24.0 Å². The highest BCUT2D eigenvalue weighted by Gasteiger charge is 2.08. The quantitative estimate of drug-likeness (QED) is 0.726. The van der Waals surface area contributed by atoms with Gasteiger partial charge in [-0.15, -0.1) is 24.0 Å². The second-order valence-corrected chi connectivity index (χ2v) is 4.33. The first kappa shape index (κ1) is 9.38. The predicted octanol–water partition coefficient (Wildman–Crippen LogP) is 2.84. The Bertz CT molecular complexity index is 523. The second-order valence-electron chi connectivity index (χ2n) is 2.97. The van der Waals surface area contributed by atoms with E-state index < -0.39 is 0 Å². The lowest BCUT2D eigenvalue weighted by atomic mass is 10.1. The van der Waals surface area contributed by atoms with Crippen molar-refractivity contribution in [2.24, 2.45) is 0 Å². The van der Waals surface area contributed by atoms with Crippen LogP contribution in [0, 0.1) is 11.3 Å². The number of hydrogen-bond donors (Lipinski definition) is 2. The van der Waals surface area contributed by atoms with E-state index in [0.717, 1.165) is 26.2 Å². The van der Waals surface area contributed by atoms with Gasteiger partial charge in [0.25, 0.3) is 0 Å². The first-order chi connectivity index (χ1) is 6.74. The Balaban J connectivity index is 2.78. The first-order valence-corrected chi connectivity index (χ1v) is 5.41. The third-order valence-electron chi connectivity index (χ3n) is 2.11. The van der Waals surface area contributed by atoms with Crippen molar-refractivity contribution in [1.82, 2.24) is 0 Å². The lowest BCUT2D eigenvalue weighted by Crippen LogP contribution is -1.86.